The van der Waals surface area contributed by atoms with Crippen molar-refractivity contribution in [3.63, 3.8) is 0 Å². The van der Waals surface area contributed by atoms with Crippen molar-refractivity contribution < 1.29 is 19.2 Å². The maximum Gasteiger partial charge on any atom is 0.254 e. The van der Waals surface area contributed by atoms with Gasteiger partial charge in [0.25, 0.3) is 5.91 Å². The molecule has 3 amide bonds. The van der Waals surface area contributed by atoms with Gasteiger partial charge in [-0.25, -0.2) is 0 Å². The summed E-state index contributed by atoms with van der Waals surface area (Å²) in [5.74, 6) is -1.44. The van der Waals surface area contributed by atoms with Gasteiger partial charge < -0.3 is 20.8 Å². The lowest BCUT2D eigenvalue weighted by Crippen LogP contribution is -2.47. The van der Waals surface area contributed by atoms with Gasteiger partial charge in [0.2, 0.25) is 11.8 Å². The first-order chi connectivity index (χ1) is 15.3. The summed E-state index contributed by atoms with van der Waals surface area (Å²) in [4.78, 5) is 44.5. The smallest absolute Gasteiger partial charge is 0.254 e. The van der Waals surface area contributed by atoms with Gasteiger partial charge in [-0.05, 0) is 42.0 Å². The standard InChI is InChI=1S/C22H20BrClN4O4/c23-15-5-1-14(2-6-15)21(31)28-12-22(10-18(28)20(30)26-11-19(25)29)9-17(27-32-22)13-3-7-16(24)8-4-13/h1-8,18H,9-12H2,(H2,25,29)(H,26,30). The first kappa shape index (κ1) is 22.3. The summed E-state index contributed by atoms with van der Waals surface area (Å²) in [6.45, 7) is -0.132. The molecular weight excluding hydrogens is 500 g/mol. The number of likely N-dealkylation sites (tertiary alicyclic amines) is 1. The Balaban J connectivity index is 1.57. The van der Waals surface area contributed by atoms with Gasteiger partial charge in [-0.2, -0.15) is 0 Å². The third-order valence-corrected chi connectivity index (χ3v) is 6.29. The van der Waals surface area contributed by atoms with Gasteiger partial charge >= 0.3 is 0 Å². The van der Waals surface area contributed by atoms with E-state index in [1.54, 1.807) is 36.4 Å². The Morgan fingerprint density at radius 1 is 1.19 bits per heavy atom. The number of oxime groups is 1. The summed E-state index contributed by atoms with van der Waals surface area (Å²) in [7, 11) is 0. The van der Waals surface area contributed by atoms with Crippen molar-refractivity contribution in [1.82, 2.24) is 10.2 Å². The summed E-state index contributed by atoms with van der Waals surface area (Å²) in [6.07, 6.45) is 0.665. The topological polar surface area (TPSA) is 114 Å². The minimum absolute atomic E-state index is 0.178. The molecule has 2 heterocycles. The lowest BCUT2D eigenvalue weighted by Gasteiger charge is -2.24. The Kier molecular flexibility index (Phi) is 6.21. The lowest BCUT2D eigenvalue weighted by molar-refractivity contribution is -0.127. The van der Waals surface area contributed by atoms with Crippen LogP contribution >= 0.6 is 27.5 Å². The van der Waals surface area contributed by atoms with Crippen LogP contribution in [0.25, 0.3) is 0 Å². The maximum absolute atomic E-state index is 13.3. The van der Waals surface area contributed by atoms with Gasteiger partial charge in [0.15, 0.2) is 5.60 Å². The Labute approximate surface area is 197 Å². The zero-order valence-electron chi connectivity index (χ0n) is 16.9. The molecule has 0 aliphatic carbocycles. The van der Waals surface area contributed by atoms with E-state index < -0.39 is 23.5 Å². The van der Waals surface area contributed by atoms with E-state index in [1.807, 2.05) is 12.1 Å². The lowest BCUT2D eigenvalue weighted by atomic mass is 9.91. The van der Waals surface area contributed by atoms with E-state index >= 15 is 0 Å². The normalized spacial score (nSPS) is 21.9. The highest BCUT2D eigenvalue weighted by molar-refractivity contribution is 9.10. The van der Waals surface area contributed by atoms with Gasteiger partial charge in [0.1, 0.15) is 6.04 Å². The second-order valence-electron chi connectivity index (χ2n) is 7.84. The number of amides is 3. The van der Waals surface area contributed by atoms with Crippen LogP contribution in [0.3, 0.4) is 0 Å². The fourth-order valence-electron chi connectivity index (χ4n) is 3.96. The van der Waals surface area contributed by atoms with E-state index in [1.165, 1.54) is 4.90 Å². The molecule has 1 saturated heterocycles. The maximum atomic E-state index is 13.3. The van der Waals surface area contributed by atoms with E-state index in [0.717, 1.165) is 15.7 Å². The Bertz CT molecular complexity index is 1090. The highest BCUT2D eigenvalue weighted by Gasteiger charge is 2.53. The predicted molar refractivity (Wildman–Crippen MR) is 122 cm³/mol. The highest BCUT2D eigenvalue weighted by atomic mass is 79.9. The van der Waals surface area contributed by atoms with Crippen LogP contribution in [-0.2, 0) is 14.4 Å². The molecule has 2 aliphatic heterocycles. The van der Waals surface area contributed by atoms with Gasteiger partial charge in [0.05, 0.1) is 18.8 Å². The predicted octanol–water partition coefficient (Wildman–Crippen LogP) is 2.48. The molecule has 0 radical (unpaired) electrons. The molecule has 2 unspecified atom stereocenters. The van der Waals surface area contributed by atoms with Crippen molar-refractivity contribution in [2.75, 3.05) is 13.1 Å². The van der Waals surface area contributed by atoms with Crippen LogP contribution in [0.1, 0.15) is 28.8 Å². The first-order valence-electron chi connectivity index (χ1n) is 9.90. The van der Waals surface area contributed by atoms with Crippen molar-refractivity contribution >= 4 is 51.0 Å². The van der Waals surface area contributed by atoms with Crippen LogP contribution in [0.15, 0.2) is 58.2 Å². The average Bonchev–Trinajstić information content (AvgIpc) is 3.36. The van der Waals surface area contributed by atoms with Crippen molar-refractivity contribution in [3.8, 4) is 0 Å². The summed E-state index contributed by atoms with van der Waals surface area (Å²) in [6, 6.07) is 13.3. The number of rotatable bonds is 5. The third-order valence-electron chi connectivity index (χ3n) is 5.51. The molecule has 1 fully saturated rings. The monoisotopic (exact) mass is 518 g/mol. The Morgan fingerprint density at radius 2 is 1.88 bits per heavy atom. The van der Waals surface area contributed by atoms with Crippen LogP contribution < -0.4 is 11.1 Å². The molecule has 10 heteroatoms. The van der Waals surface area contributed by atoms with E-state index in [2.05, 4.69) is 26.4 Å². The quantitative estimate of drug-likeness (QED) is 0.632. The van der Waals surface area contributed by atoms with Crippen molar-refractivity contribution in [2.24, 2.45) is 10.9 Å². The van der Waals surface area contributed by atoms with Crippen LogP contribution in [0.5, 0.6) is 0 Å². The molecule has 0 saturated carbocycles. The van der Waals surface area contributed by atoms with Gasteiger partial charge in [-0.1, -0.05) is 44.8 Å². The Morgan fingerprint density at radius 3 is 2.53 bits per heavy atom. The van der Waals surface area contributed by atoms with Crippen LogP contribution in [0, 0.1) is 0 Å². The summed E-state index contributed by atoms with van der Waals surface area (Å²) >= 11 is 9.32. The largest absolute Gasteiger partial charge is 0.387 e. The fourth-order valence-corrected chi connectivity index (χ4v) is 4.35. The molecule has 0 bridgehead atoms. The zero-order chi connectivity index (χ0) is 22.9. The average molecular weight is 520 g/mol. The number of benzene rings is 2. The minimum atomic E-state index is -0.839. The number of hydrogen-bond acceptors (Lipinski definition) is 5. The van der Waals surface area contributed by atoms with Crippen LogP contribution in [0.2, 0.25) is 5.02 Å². The Hall–Kier alpha value is -2.91. The van der Waals surface area contributed by atoms with Crippen molar-refractivity contribution in [3.05, 3.63) is 69.2 Å². The van der Waals surface area contributed by atoms with E-state index in [0.29, 0.717) is 17.0 Å². The molecule has 32 heavy (non-hydrogen) atoms. The second kappa shape index (κ2) is 8.91. The molecule has 2 aromatic carbocycles. The SMILES string of the molecule is NC(=O)CNC(=O)C1CC2(CC(c3ccc(Cl)cc3)=NO2)CN1C(=O)c1ccc(Br)cc1. The molecule has 2 atom stereocenters. The summed E-state index contributed by atoms with van der Waals surface area (Å²) in [5.41, 5.74) is 6.34. The molecule has 1 spiro atoms. The number of nitrogens with two attached hydrogens (primary N) is 1. The number of primary amides is 1. The summed E-state index contributed by atoms with van der Waals surface area (Å²) in [5, 5.41) is 7.36. The molecule has 2 aliphatic rings. The van der Waals surface area contributed by atoms with E-state index in [4.69, 9.17) is 22.2 Å². The van der Waals surface area contributed by atoms with Gasteiger partial charge in [0, 0.05) is 27.9 Å². The second-order valence-corrected chi connectivity index (χ2v) is 9.19. The van der Waals surface area contributed by atoms with Crippen LogP contribution in [-0.4, -0.2) is 53.1 Å². The first-order valence-corrected chi connectivity index (χ1v) is 11.1. The van der Waals surface area contributed by atoms with Crippen LogP contribution in [0.4, 0.5) is 0 Å². The van der Waals surface area contributed by atoms with Gasteiger partial charge in [-0.3, -0.25) is 14.4 Å². The molecule has 8 nitrogen and oxygen atoms in total. The molecule has 4 rings (SSSR count). The van der Waals surface area contributed by atoms with Gasteiger partial charge in [-0.15, -0.1) is 0 Å². The van der Waals surface area contributed by atoms with E-state index in [9.17, 15) is 14.4 Å². The van der Waals surface area contributed by atoms with E-state index in [-0.39, 0.29) is 25.4 Å². The zero-order valence-corrected chi connectivity index (χ0v) is 19.2. The van der Waals surface area contributed by atoms with Crippen molar-refractivity contribution in [1.29, 1.82) is 0 Å². The number of hydrogen-bond donors (Lipinski definition) is 2. The summed E-state index contributed by atoms with van der Waals surface area (Å²) < 4.78 is 0.836. The minimum Gasteiger partial charge on any atom is -0.387 e. The molecule has 166 valence electrons. The molecular formula is C22H20BrClN4O4. The third kappa shape index (κ3) is 4.63. The molecule has 3 N–H and O–H groups in total. The van der Waals surface area contributed by atoms with Crippen molar-refractivity contribution in [2.45, 2.75) is 24.5 Å². The number of nitrogens with zero attached hydrogens (tertiary/aromatic N) is 2. The molecule has 2 aromatic rings. The number of carbonyl (C=O) groups excluding carboxylic acids is 3. The highest BCUT2D eigenvalue weighted by Crippen LogP contribution is 2.39. The number of carbonyl (C=O) groups is 3. The number of halogens is 2. The fraction of sp³-hybridized carbons (Fsp3) is 0.273. The number of nitrogens with one attached hydrogen (secondary N) is 1. The molecule has 0 aromatic heterocycles.